The predicted octanol–water partition coefficient (Wildman–Crippen LogP) is 1.29. The summed E-state index contributed by atoms with van der Waals surface area (Å²) in [6, 6.07) is 2.25. The summed E-state index contributed by atoms with van der Waals surface area (Å²) in [5, 5.41) is 51.2. The molecule has 6 N–H and O–H groups in total. The third-order valence-corrected chi connectivity index (χ3v) is 10.2. The minimum Gasteiger partial charge on any atom is -0.493 e. The molecule has 2 aliphatic heterocycles. The number of carbonyl (C=O) groups is 1. The molecular formula is C33H46ClF2N5O7. The van der Waals surface area contributed by atoms with Gasteiger partial charge in [0.1, 0.15) is 35.7 Å². The number of amides is 1. The number of likely N-dealkylation sites (tertiary alicyclic amines) is 1. The second kappa shape index (κ2) is 16.3. The van der Waals surface area contributed by atoms with E-state index in [1.54, 1.807) is 12.4 Å². The fourth-order valence-electron chi connectivity index (χ4n) is 7.11. The lowest BCUT2D eigenvalue weighted by Crippen LogP contribution is -2.55. The van der Waals surface area contributed by atoms with Crippen molar-refractivity contribution in [3.05, 3.63) is 46.7 Å². The number of carbonyl (C=O) groups excluding carboxylic acids is 1. The van der Waals surface area contributed by atoms with E-state index in [9.17, 15) is 34.0 Å². The van der Waals surface area contributed by atoms with E-state index in [1.807, 2.05) is 0 Å². The van der Waals surface area contributed by atoms with Crippen LogP contribution in [0.5, 0.6) is 5.75 Å². The van der Waals surface area contributed by atoms with Gasteiger partial charge in [-0.25, -0.2) is 18.7 Å². The molecule has 0 unspecified atom stereocenters. The first-order valence-electron chi connectivity index (χ1n) is 16.6. The normalized spacial score (nSPS) is 20.6. The van der Waals surface area contributed by atoms with E-state index in [0.29, 0.717) is 42.6 Å². The molecule has 1 saturated carbocycles. The lowest BCUT2D eigenvalue weighted by Gasteiger charge is -2.52. The number of rotatable bonds is 16. The summed E-state index contributed by atoms with van der Waals surface area (Å²) in [7, 11) is 0. The molecule has 1 aromatic heterocycles. The van der Waals surface area contributed by atoms with Gasteiger partial charge in [0.2, 0.25) is 11.9 Å². The number of hydrogen-bond donors (Lipinski definition) is 6. The second-order valence-electron chi connectivity index (χ2n) is 13.6. The van der Waals surface area contributed by atoms with Crippen LogP contribution < -0.4 is 15.0 Å². The average Bonchev–Trinajstić information content (AvgIpc) is 3.04. The largest absolute Gasteiger partial charge is 0.493 e. The van der Waals surface area contributed by atoms with Crippen molar-refractivity contribution in [3.8, 4) is 5.75 Å². The summed E-state index contributed by atoms with van der Waals surface area (Å²) in [5.41, 5.74) is 0.0805. The van der Waals surface area contributed by atoms with Crippen LogP contribution in [0.1, 0.15) is 44.1 Å². The van der Waals surface area contributed by atoms with Crippen molar-refractivity contribution >= 4 is 23.5 Å². The number of ether oxygens (including phenoxy) is 1. The molecule has 48 heavy (non-hydrogen) atoms. The Bertz CT molecular complexity index is 1330. The van der Waals surface area contributed by atoms with Crippen molar-refractivity contribution in [3.63, 3.8) is 0 Å². The minimum absolute atomic E-state index is 0.0328. The first-order chi connectivity index (χ1) is 23.0. The van der Waals surface area contributed by atoms with Gasteiger partial charge < -0.3 is 45.4 Å². The fourth-order valence-corrected chi connectivity index (χ4v) is 7.20. The molecule has 0 radical (unpaired) electrons. The van der Waals surface area contributed by atoms with Gasteiger partial charge in [0, 0.05) is 62.9 Å². The van der Waals surface area contributed by atoms with Gasteiger partial charge >= 0.3 is 0 Å². The molecular weight excluding hydrogens is 652 g/mol. The monoisotopic (exact) mass is 697 g/mol. The Balaban J connectivity index is 0.951. The Morgan fingerprint density at radius 3 is 2.27 bits per heavy atom. The van der Waals surface area contributed by atoms with Gasteiger partial charge in [-0.05, 0) is 49.9 Å². The number of aliphatic hydroxyl groups is 5. The van der Waals surface area contributed by atoms with Crippen LogP contribution in [-0.2, 0) is 11.2 Å². The lowest BCUT2D eigenvalue weighted by molar-refractivity contribution is -0.136. The van der Waals surface area contributed by atoms with Crippen LogP contribution in [0.15, 0.2) is 24.5 Å². The van der Waals surface area contributed by atoms with Gasteiger partial charge in [-0.15, -0.1) is 0 Å². The Morgan fingerprint density at radius 1 is 1.02 bits per heavy atom. The quantitative estimate of drug-likeness (QED) is 0.140. The Hall–Kier alpha value is -2.72. The maximum Gasteiger partial charge on any atom is 0.227 e. The van der Waals surface area contributed by atoms with Crippen LogP contribution in [0.25, 0.3) is 0 Å². The van der Waals surface area contributed by atoms with E-state index >= 15 is 0 Å². The fraction of sp³-hybridized carbons (Fsp3) is 0.667. The maximum absolute atomic E-state index is 14.8. The summed E-state index contributed by atoms with van der Waals surface area (Å²) < 4.78 is 35.3. The minimum atomic E-state index is -1.70. The van der Waals surface area contributed by atoms with E-state index in [4.69, 9.17) is 21.4 Å². The zero-order valence-corrected chi connectivity index (χ0v) is 27.6. The number of nitrogens with zero attached hydrogens (tertiary/aromatic N) is 4. The van der Waals surface area contributed by atoms with E-state index in [-0.39, 0.29) is 23.8 Å². The number of nitrogens with one attached hydrogen (secondary N) is 1. The third-order valence-electron chi connectivity index (χ3n) is 10.0. The van der Waals surface area contributed by atoms with Crippen LogP contribution in [0.4, 0.5) is 14.7 Å². The van der Waals surface area contributed by atoms with Gasteiger partial charge in [-0.2, -0.15) is 0 Å². The number of piperidine rings is 1. The highest BCUT2D eigenvalue weighted by molar-refractivity contribution is 6.30. The molecule has 3 fully saturated rings. The molecule has 0 bridgehead atoms. The molecule has 266 valence electrons. The third kappa shape index (κ3) is 9.09. The molecule has 3 heterocycles. The van der Waals surface area contributed by atoms with Gasteiger partial charge in [-0.3, -0.25) is 4.79 Å². The number of aromatic nitrogens is 2. The maximum atomic E-state index is 14.8. The van der Waals surface area contributed by atoms with Crippen LogP contribution in [0.3, 0.4) is 0 Å². The SMILES string of the molecule is O=C(Cc1c(F)cc(OCCCC2CC3(CCN(c4ncc(Cl)cn4)CC3)C2)cc1F)N1CC(CNC[C@H](O)[C@@H](O)[C@H](O)[C@H](O)CO)C1. The first kappa shape index (κ1) is 36.6. The first-order valence-corrected chi connectivity index (χ1v) is 17.0. The number of anilines is 1. The smallest absolute Gasteiger partial charge is 0.227 e. The van der Waals surface area contributed by atoms with Crippen molar-refractivity contribution in [2.24, 2.45) is 17.3 Å². The van der Waals surface area contributed by atoms with Crippen LogP contribution in [0, 0.1) is 28.9 Å². The van der Waals surface area contributed by atoms with Crippen molar-refractivity contribution in [1.82, 2.24) is 20.2 Å². The molecule has 1 spiro atoms. The molecule has 1 amide bonds. The number of aliphatic hydroxyl groups excluding tert-OH is 5. The van der Waals surface area contributed by atoms with E-state index in [2.05, 4.69) is 20.2 Å². The highest BCUT2D eigenvalue weighted by Crippen LogP contribution is 2.54. The summed E-state index contributed by atoms with van der Waals surface area (Å²) in [6.07, 6.45) is 2.86. The van der Waals surface area contributed by atoms with Crippen LogP contribution in [0.2, 0.25) is 5.02 Å². The average molecular weight is 698 g/mol. The molecule has 12 nitrogen and oxygen atoms in total. The zero-order valence-electron chi connectivity index (χ0n) is 26.9. The van der Waals surface area contributed by atoms with Crippen LogP contribution in [-0.4, -0.2) is 123 Å². The molecule has 2 saturated heterocycles. The molecule has 15 heteroatoms. The van der Waals surface area contributed by atoms with Gasteiger partial charge in [0.25, 0.3) is 0 Å². The van der Waals surface area contributed by atoms with Crippen molar-refractivity contribution in [2.75, 3.05) is 57.4 Å². The molecule has 3 aliphatic rings. The number of hydrogen-bond acceptors (Lipinski definition) is 11. The Kier molecular flexibility index (Phi) is 12.4. The summed E-state index contributed by atoms with van der Waals surface area (Å²) in [5.74, 6) is -0.577. The number of benzene rings is 1. The molecule has 1 aliphatic carbocycles. The van der Waals surface area contributed by atoms with Gasteiger partial charge in [0.05, 0.1) is 43.2 Å². The molecule has 1 aromatic carbocycles. The highest BCUT2D eigenvalue weighted by Gasteiger charge is 2.45. The Morgan fingerprint density at radius 2 is 1.65 bits per heavy atom. The van der Waals surface area contributed by atoms with Crippen molar-refractivity contribution < 1.29 is 43.8 Å². The van der Waals surface area contributed by atoms with E-state index < -0.39 is 55.0 Å². The molecule has 5 rings (SSSR count). The summed E-state index contributed by atoms with van der Waals surface area (Å²) >= 11 is 5.90. The van der Waals surface area contributed by atoms with E-state index in [1.165, 1.54) is 17.7 Å². The standard InChI is InChI=1S/C33H46ClF2N5O7/c34-22-14-38-32(39-15-22)40-5-3-33(4-6-40)11-20(12-33)2-1-7-48-23-8-25(35)24(26(36)9-23)10-29(45)41-17-21(18-41)13-37-16-27(43)30(46)31(47)28(44)19-42/h8-9,14-15,20-21,27-28,30-31,37,42-44,46-47H,1-7,10-13,16-19H2/t27-,28+,30+,31+/m0/s1. The zero-order chi connectivity index (χ0) is 34.4. The lowest BCUT2D eigenvalue weighted by atomic mass is 9.56. The predicted molar refractivity (Wildman–Crippen MR) is 172 cm³/mol. The van der Waals surface area contributed by atoms with Crippen LogP contribution >= 0.6 is 11.6 Å². The number of halogens is 3. The molecule has 2 aromatic rings. The van der Waals surface area contributed by atoms with Crippen molar-refractivity contribution in [1.29, 1.82) is 0 Å². The summed E-state index contributed by atoms with van der Waals surface area (Å²) in [4.78, 5) is 25.0. The van der Waals surface area contributed by atoms with E-state index in [0.717, 1.165) is 56.9 Å². The second-order valence-corrected chi connectivity index (χ2v) is 14.1. The van der Waals surface area contributed by atoms with Gasteiger partial charge in [-0.1, -0.05) is 11.6 Å². The topological polar surface area (TPSA) is 172 Å². The highest BCUT2D eigenvalue weighted by atomic mass is 35.5. The summed E-state index contributed by atoms with van der Waals surface area (Å²) in [6.45, 7) is 2.48. The van der Waals surface area contributed by atoms with Crippen molar-refractivity contribution in [2.45, 2.75) is 69.4 Å². The molecule has 4 atom stereocenters. The van der Waals surface area contributed by atoms with Gasteiger partial charge in [0.15, 0.2) is 0 Å². The Labute approximate surface area is 283 Å².